The van der Waals surface area contributed by atoms with Crippen LogP contribution in [0.25, 0.3) is 11.1 Å². The molecule has 1 N–H and O–H groups in total. The van der Waals surface area contributed by atoms with Crippen molar-refractivity contribution in [3.05, 3.63) is 77.5 Å². The highest BCUT2D eigenvalue weighted by molar-refractivity contribution is 5.96. The second-order valence-electron chi connectivity index (χ2n) is 8.05. The minimum absolute atomic E-state index is 0.0627. The number of carbonyl (C=O) groups is 1. The topological polar surface area (TPSA) is 37.3 Å². The number of nitrogens with zero attached hydrogens (tertiary/aromatic N) is 2. The van der Waals surface area contributed by atoms with Gasteiger partial charge < -0.3 is 9.88 Å². The summed E-state index contributed by atoms with van der Waals surface area (Å²) in [6, 6.07) is 18.9. The number of aromatic nitrogens is 1. The highest BCUT2D eigenvalue weighted by atomic mass is 16.2. The van der Waals surface area contributed by atoms with Gasteiger partial charge in [-0.2, -0.15) is 0 Å². The Labute approximate surface area is 173 Å². The fourth-order valence-corrected chi connectivity index (χ4v) is 4.13. The number of likely N-dealkylation sites (tertiary alicyclic amines) is 1. The molecule has 0 bridgehead atoms. The SMILES string of the molecule is Cc1ccc(-c2c(C)cn(Cc3ccccc3)c2NC(=O)CN2CCCC2)cc1. The Kier molecular flexibility index (Phi) is 5.81. The van der Waals surface area contributed by atoms with E-state index < -0.39 is 0 Å². The van der Waals surface area contributed by atoms with E-state index in [4.69, 9.17) is 0 Å². The lowest BCUT2D eigenvalue weighted by molar-refractivity contribution is -0.117. The van der Waals surface area contributed by atoms with E-state index in [1.54, 1.807) is 0 Å². The van der Waals surface area contributed by atoms with E-state index >= 15 is 0 Å². The highest BCUT2D eigenvalue weighted by Gasteiger charge is 2.20. The normalized spacial score (nSPS) is 14.3. The lowest BCUT2D eigenvalue weighted by Crippen LogP contribution is -2.31. The number of hydrogen-bond acceptors (Lipinski definition) is 2. The number of rotatable bonds is 6. The molecule has 0 saturated carbocycles. The summed E-state index contributed by atoms with van der Waals surface area (Å²) < 4.78 is 2.17. The van der Waals surface area contributed by atoms with Gasteiger partial charge in [0.15, 0.2) is 0 Å². The van der Waals surface area contributed by atoms with Crippen molar-refractivity contribution < 1.29 is 4.79 Å². The fraction of sp³-hybridized carbons (Fsp3) is 0.320. The minimum atomic E-state index is 0.0627. The maximum Gasteiger partial charge on any atom is 0.239 e. The predicted octanol–water partition coefficient (Wildman–Crippen LogP) is 4.85. The molecule has 0 aliphatic carbocycles. The molecule has 1 aliphatic rings. The molecule has 0 radical (unpaired) electrons. The Morgan fingerprint density at radius 1 is 0.966 bits per heavy atom. The molecule has 29 heavy (non-hydrogen) atoms. The zero-order valence-electron chi connectivity index (χ0n) is 17.3. The van der Waals surface area contributed by atoms with Crippen molar-refractivity contribution in [3.8, 4) is 11.1 Å². The fourth-order valence-electron chi connectivity index (χ4n) is 4.13. The van der Waals surface area contributed by atoms with Gasteiger partial charge in [-0.05, 0) is 56.5 Å². The maximum absolute atomic E-state index is 12.9. The van der Waals surface area contributed by atoms with E-state index in [1.807, 2.05) is 6.07 Å². The molecule has 4 nitrogen and oxygen atoms in total. The van der Waals surface area contributed by atoms with Gasteiger partial charge in [-0.1, -0.05) is 60.2 Å². The van der Waals surface area contributed by atoms with Crippen LogP contribution >= 0.6 is 0 Å². The molecular weight excluding hydrogens is 358 g/mol. The van der Waals surface area contributed by atoms with Gasteiger partial charge in [0.2, 0.25) is 5.91 Å². The monoisotopic (exact) mass is 387 g/mol. The van der Waals surface area contributed by atoms with Gasteiger partial charge in [0.25, 0.3) is 0 Å². The van der Waals surface area contributed by atoms with Crippen LogP contribution in [0.4, 0.5) is 5.82 Å². The molecule has 1 amide bonds. The van der Waals surface area contributed by atoms with Crippen LogP contribution in [0.1, 0.15) is 29.5 Å². The lowest BCUT2D eigenvalue weighted by atomic mass is 10.0. The van der Waals surface area contributed by atoms with Crippen molar-refractivity contribution >= 4 is 11.7 Å². The van der Waals surface area contributed by atoms with Crippen molar-refractivity contribution in [2.24, 2.45) is 0 Å². The third-order valence-electron chi connectivity index (χ3n) is 5.63. The van der Waals surface area contributed by atoms with Crippen LogP contribution < -0.4 is 5.32 Å². The van der Waals surface area contributed by atoms with E-state index in [-0.39, 0.29) is 5.91 Å². The van der Waals surface area contributed by atoms with Gasteiger partial charge >= 0.3 is 0 Å². The van der Waals surface area contributed by atoms with Crippen LogP contribution in [0, 0.1) is 13.8 Å². The Hall–Kier alpha value is -2.85. The van der Waals surface area contributed by atoms with Crippen molar-refractivity contribution in [2.45, 2.75) is 33.2 Å². The van der Waals surface area contributed by atoms with E-state index in [9.17, 15) is 4.79 Å². The molecule has 0 unspecified atom stereocenters. The first kappa shape index (κ1) is 19.5. The number of carbonyl (C=O) groups excluding carboxylic acids is 1. The zero-order chi connectivity index (χ0) is 20.2. The molecular formula is C25H29N3O. The molecule has 4 heteroatoms. The first-order valence-electron chi connectivity index (χ1n) is 10.4. The van der Waals surface area contributed by atoms with Gasteiger partial charge in [0, 0.05) is 18.3 Å². The van der Waals surface area contributed by atoms with Crippen LogP contribution in [-0.4, -0.2) is 35.0 Å². The lowest BCUT2D eigenvalue weighted by Gasteiger charge is -2.17. The molecule has 2 aromatic carbocycles. The second kappa shape index (κ2) is 8.66. The van der Waals surface area contributed by atoms with Crippen LogP contribution in [0.3, 0.4) is 0 Å². The van der Waals surface area contributed by atoms with Crippen LogP contribution in [0.5, 0.6) is 0 Å². The number of anilines is 1. The predicted molar refractivity (Wildman–Crippen MR) is 119 cm³/mol. The van der Waals surface area contributed by atoms with Gasteiger partial charge in [-0.25, -0.2) is 0 Å². The quantitative estimate of drug-likeness (QED) is 0.656. The summed E-state index contributed by atoms with van der Waals surface area (Å²) in [5, 5.41) is 3.24. The first-order valence-corrected chi connectivity index (χ1v) is 10.4. The third-order valence-corrected chi connectivity index (χ3v) is 5.63. The maximum atomic E-state index is 12.9. The van der Waals surface area contributed by atoms with E-state index in [0.717, 1.165) is 36.6 Å². The summed E-state index contributed by atoms with van der Waals surface area (Å²) in [5.41, 5.74) is 5.86. The Morgan fingerprint density at radius 2 is 1.66 bits per heavy atom. The summed E-state index contributed by atoms with van der Waals surface area (Å²) in [6.45, 7) is 7.43. The number of nitrogens with one attached hydrogen (secondary N) is 1. The molecule has 1 fully saturated rings. The number of hydrogen-bond donors (Lipinski definition) is 1. The number of aryl methyl sites for hydroxylation is 2. The van der Waals surface area contributed by atoms with Crippen molar-refractivity contribution in [1.82, 2.24) is 9.47 Å². The van der Waals surface area contributed by atoms with Crippen molar-refractivity contribution in [1.29, 1.82) is 0 Å². The van der Waals surface area contributed by atoms with Crippen LogP contribution in [0.15, 0.2) is 60.8 Å². The molecule has 2 heterocycles. The first-order chi connectivity index (χ1) is 14.1. The largest absolute Gasteiger partial charge is 0.329 e. The standard InChI is InChI=1S/C25H29N3O/c1-19-10-12-22(13-11-19)24-20(2)16-28(17-21-8-4-3-5-9-21)25(24)26-23(29)18-27-14-6-7-15-27/h3-5,8-13,16H,6-7,14-15,17-18H2,1-2H3,(H,26,29). The second-order valence-corrected chi connectivity index (χ2v) is 8.05. The average Bonchev–Trinajstić information content (AvgIpc) is 3.32. The van der Waals surface area contributed by atoms with Gasteiger partial charge in [-0.15, -0.1) is 0 Å². The summed E-state index contributed by atoms with van der Waals surface area (Å²) in [7, 11) is 0. The Morgan fingerprint density at radius 3 is 2.34 bits per heavy atom. The van der Waals surface area contributed by atoms with E-state index in [2.05, 4.69) is 83.4 Å². The average molecular weight is 388 g/mol. The summed E-state index contributed by atoms with van der Waals surface area (Å²) in [5.74, 6) is 0.951. The summed E-state index contributed by atoms with van der Waals surface area (Å²) in [6.07, 6.45) is 4.52. The molecule has 1 aromatic heterocycles. The Balaban J connectivity index is 1.67. The highest BCUT2D eigenvalue weighted by Crippen LogP contribution is 2.34. The van der Waals surface area contributed by atoms with E-state index in [0.29, 0.717) is 6.54 Å². The molecule has 4 rings (SSSR count). The molecule has 0 atom stereocenters. The number of benzene rings is 2. The molecule has 1 aliphatic heterocycles. The minimum Gasteiger partial charge on any atom is -0.329 e. The zero-order valence-corrected chi connectivity index (χ0v) is 17.3. The van der Waals surface area contributed by atoms with Crippen LogP contribution in [-0.2, 0) is 11.3 Å². The third kappa shape index (κ3) is 4.60. The van der Waals surface area contributed by atoms with Crippen molar-refractivity contribution in [2.75, 3.05) is 25.0 Å². The molecule has 3 aromatic rings. The van der Waals surface area contributed by atoms with Crippen molar-refractivity contribution in [3.63, 3.8) is 0 Å². The molecule has 1 saturated heterocycles. The smallest absolute Gasteiger partial charge is 0.239 e. The van der Waals surface area contributed by atoms with E-state index in [1.165, 1.54) is 29.5 Å². The molecule has 0 spiro atoms. The van der Waals surface area contributed by atoms with Gasteiger partial charge in [0.05, 0.1) is 6.54 Å². The van der Waals surface area contributed by atoms with Gasteiger partial charge in [-0.3, -0.25) is 9.69 Å². The molecule has 150 valence electrons. The summed E-state index contributed by atoms with van der Waals surface area (Å²) >= 11 is 0. The van der Waals surface area contributed by atoms with Gasteiger partial charge in [0.1, 0.15) is 5.82 Å². The number of amides is 1. The van der Waals surface area contributed by atoms with Crippen LogP contribution in [0.2, 0.25) is 0 Å². The Bertz CT molecular complexity index is 967. The summed E-state index contributed by atoms with van der Waals surface area (Å²) in [4.78, 5) is 15.1.